The van der Waals surface area contributed by atoms with Gasteiger partial charge in [-0.3, -0.25) is 4.79 Å². The average Bonchev–Trinajstić information content (AvgIpc) is 2.38. The zero-order valence-corrected chi connectivity index (χ0v) is 12.7. The summed E-state index contributed by atoms with van der Waals surface area (Å²) in [5.41, 5.74) is -0.477. The highest BCUT2D eigenvalue weighted by molar-refractivity contribution is 5.74. The molecule has 1 saturated heterocycles. The predicted molar refractivity (Wildman–Crippen MR) is 76.3 cm³/mol. The van der Waals surface area contributed by atoms with Crippen LogP contribution < -0.4 is 0 Å². The van der Waals surface area contributed by atoms with Gasteiger partial charge in [0.2, 0.25) is 0 Å². The van der Waals surface area contributed by atoms with E-state index < -0.39 is 11.4 Å². The number of hydrogen-bond donors (Lipinski definition) is 1. The fourth-order valence-electron chi connectivity index (χ4n) is 2.54. The van der Waals surface area contributed by atoms with Gasteiger partial charge in [-0.05, 0) is 44.7 Å². The second-order valence-electron chi connectivity index (χ2n) is 6.08. The van der Waals surface area contributed by atoms with Crippen molar-refractivity contribution in [3.63, 3.8) is 0 Å². The highest BCUT2D eigenvalue weighted by Gasteiger charge is 2.39. The molecule has 4 heteroatoms. The van der Waals surface area contributed by atoms with Crippen LogP contribution in [-0.4, -0.2) is 48.8 Å². The van der Waals surface area contributed by atoms with Crippen LogP contribution in [0.2, 0.25) is 0 Å². The number of aliphatic carboxylic acids is 1. The lowest BCUT2D eigenvalue weighted by atomic mass is 9.76. The lowest BCUT2D eigenvalue weighted by molar-refractivity contribution is -0.152. The van der Waals surface area contributed by atoms with Gasteiger partial charge in [0.1, 0.15) is 0 Å². The molecule has 112 valence electrons. The van der Waals surface area contributed by atoms with Gasteiger partial charge in [0.25, 0.3) is 0 Å². The Balaban J connectivity index is 2.18. The molecular formula is C15H29NO3. The van der Waals surface area contributed by atoms with Crippen LogP contribution in [0.5, 0.6) is 0 Å². The molecule has 0 radical (unpaired) electrons. The summed E-state index contributed by atoms with van der Waals surface area (Å²) in [5.74, 6) is 0.0681. The average molecular weight is 271 g/mol. The maximum absolute atomic E-state index is 11.3. The monoisotopic (exact) mass is 271 g/mol. The van der Waals surface area contributed by atoms with Gasteiger partial charge < -0.3 is 14.7 Å². The van der Waals surface area contributed by atoms with Gasteiger partial charge in [0, 0.05) is 13.2 Å². The molecule has 1 aliphatic rings. The molecule has 1 fully saturated rings. The van der Waals surface area contributed by atoms with Crippen LogP contribution in [0.1, 0.15) is 46.5 Å². The minimum absolute atomic E-state index is 0.477. The Labute approximate surface area is 117 Å². The molecule has 0 bridgehead atoms. The van der Waals surface area contributed by atoms with Crippen molar-refractivity contribution in [3.05, 3.63) is 0 Å². The molecule has 19 heavy (non-hydrogen) atoms. The molecular weight excluding hydrogens is 242 g/mol. The van der Waals surface area contributed by atoms with Crippen LogP contribution in [0.3, 0.4) is 0 Å². The third kappa shape index (κ3) is 5.11. The fourth-order valence-corrected chi connectivity index (χ4v) is 2.54. The molecule has 0 aromatic rings. The first-order valence-electron chi connectivity index (χ1n) is 7.53. The van der Waals surface area contributed by atoms with E-state index in [-0.39, 0.29) is 0 Å². The Morgan fingerprint density at radius 2 is 1.95 bits per heavy atom. The molecule has 0 aliphatic carbocycles. The molecule has 0 atom stereocenters. The molecule has 0 saturated carbocycles. The number of likely N-dealkylation sites (tertiary alicyclic amines) is 1. The van der Waals surface area contributed by atoms with Crippen molar-refractivity contribution in [2.45, 2.75) is 46.5 Å². The minimum Gasteiger partial charge on any atom is -0.481 e. The van der Waals surface area contributed by atoms with Crippen LogP contribution in [0.25, 0.3) is 0 Å². The standard InChI is InChI=1S/C15H29NO3/c1-4-15(14(17)18)6-8-16(9-7-15)10-12-19-11-5-13(2)3/h13H,4-12H2,1-3H3,(H,17,18). The van der Waals surface area contributed by atoms with Gasteiger partial charge in [-0.25, -0.2) is 0 Å². The van der Waals surface area contributed by atoms with Crippen molar-refractivity contribution in [1.82, 2.24) is 4.90 Å². The zero-order chi connectivity index (χ0) is 14.3. The smallest absolute Gasteiger partial charge is 0.309 e. The Morgan fingerprint density at radius 1 is 1.32 bits per heavy atom. The molecule has 4 nitrogen and oxygen atoms in total. The van der Waals surface area contributed by atoms with E-state index in [1.165, 1.54) is 0 Å². The first kappa shape index (κ1) is 16.4. The molecule has 1 rings (SSSR count). The Morgan fingerprint density at radius 3 is 2.42 bits per heavy atom. The van der Waals surface area contributed by atoms with E-state index in [1.807, 2.05) is 6.92 Å². The molecule has 1 heterocycles. The Hall–Kier alpha value is -0.610. The first-order chi connectivity index (χ1) is 9.00. The molecule has 0 aromatic carbocycles. The maximum Gasteiger partial charge on any atom is 0.309 e. The number of carboxylic acid groups (broad SMARTS) is 1. The number of rotatable bonds is 8. The van der Waals surface area contributed by atoms with E-state index >= 15 is 0 Å². The molecule has 0 amide bonds. The summed E-state index contributed by atoms with van der Waals surface area (Å²) < 4.78 is 5.61. The van der Waals surface area contributed by atoms with Gasteiger partial charge in [0.05, 0.1) is 12.0 Å². The van der Waals surface area contributed by atoms with Crippen molar-refractivity contribution in [3.8, 4) is 0 Å². The summed E-state index contributed by atoms with van der Waals surface area (Å²) in [6.07, 6.45) is 3.38. The van der Waals surface area contributed by atoms with Crippen molar-refractivity contribution in [2.75, 3.05) is 32.8 Å². The van der Waals surface area contributed by atoms with Crippen LogP contribution in [-0.2, 0) is 9.53 Å². The quantitative estimate of drug-likeness (QED) is 0.689. The van der Waals surface area contributed by atoms with E-state index in [2.05, 4.69) is 18.7 Å². The second-order valence-corrected chi connectivity index (χ2v) is 6.08. The van der Waals surface area contributed by atoms with Crippen LogP contribution in [0.4, 0.5) is 0 Å². The summed E-state index contributed by atoms with van der Waals surface area (Å²) in [4.78, 5) is 13.7. The normalized spacial score (nSPS) is 19.8. The number of piperidine rings is 1. The number of carboxylic acids is 1. The van der Waals surface area contributed by atoms with Crippen molar-refractivity contribution in [1.29, 1.82) is 0 Å². The lowest BCUT2D eigenvalue weighted by Gasteiger charge is -2.38. The van der Waals surface area contributed by atoms with Gasteiger partial charge in [0.15, 0.2) is 0 Å². The predicted octanol–water partition coefficient (Wildman–Crippen LogP) is 2.63. The highest BCUT2D eigenvalue weighted by Crippen LogP contribution is 2.34. The van der Waals surface area contributed by atoms with Gasteiger partial charge in [-0.2, -0.15) is 0 Å². The number of nitrogens with zero attached hydrogens (tertiary/aromatic N) is 1. The Bertz CT molecular complexity index is 271. The van der Waals surface area contributed by atoms with E-state index in [0.29, 0.717) is 5.92 Å². The molecule has 0 spiro atoms. The third-order valence-electron chi connectivity index (χ3n) is 4.34. The van der Waals surface area contributed by atoms with Crippen molar-refractivity contribution in [2.24, 2.45) is 11.3 Å². The number of carbonyl (C=O) groups is 1. The van der Waals surface area contributed by atoms with E-state index in [0.717, 1.165) is 58.5 Å². The van der Waals surface area contributed by atoms with Crippen LogP contribution in [0, 0.1) is 11.3 Å². The van der Waals surface area contributed by atoms with Crippen molar-refractivity contribution < 1.29 is 14.6 Å². The van der Waals surface area contributed by atoms with E-state index in [1.54, 1.807) is 0 Å². The fraction of sp³-hybridized carbons (Fsp3) is 0.933. The number of hydrogen-bond acceptors (Lipinski definition) is 3. The number of ether oxygens (including phenoxy) is 1. The highest BCUT2D eigenvalue weighted by atomic mass is 16.5. The summed E-state index contributed by atoms with van der Waals surface area (Å²) in [6.45, 7) is 10.7. The van der Waals surface area contributed by atoms with E-state index in [9.17, 15) is 9.90 Å². The van der Waals surface area contributed by atoms with Crippen LogP contribution >= 0.6 is 0 Å². The second kappa shape index (κ2) is 7.85. The van der Waals surface area contributed by atoms with Crippen LogP contribution in [0.15, 0.2) is 0 Å². The molecule has 1 N–H and O–H groups in total. The maximum atomic E-state index is 11.3. The summed E-state index contributed by atoms with van der Waals surface area (Å²) in [6, 6.07) is 0. The van der Waals surface area contributed by atoms with Gasteiger partial charge in [-0.1, -0.05) is 20.8 Å². The van der Waals surface area contributed by atoms with Gasteiger partial charge >= 0.3 is 5.97 Å². The van der Waals surface area contributed by atoms with E-state index in [4.69, 9.17) is 4.74 Å². The van der Waals surface area contributed by atoms with Gasteiger partial charge in [-0.15, -0.1) is 0 Å². The molecule has 0 unspecified atom stereocenters. The third-order valence-corrected chi connectivity index (χ3v) is 4.34. The SMILES string of the molecule is CCC1(C(=O)O)CCN(CCOCCC(C)C)CC1. The lowest BCUT2D eigenvalue weighted by Crippen LogP contribution is -2.45. The minimum atomic E-state index is -0.622. The first-order valence-corrected chi connectivity index (χ1v) is 7.53. The van der Waals surface area contributed by atoms with Crippen molar-refractivity contribution >= 4 is 5.97 Å². The molecule has 0 aromatic heterocycles. The largest absolute Gasteiger partial charge is 0.481 e. The topological polar surface area (TPSA) is 49.8 Å². The summed E-state index contributed by atoms with van der Waals surface area (Å²) in [5, 5.41) is 9.33. The summed E-state index contributed by atoms with van der Waals surface area (Å²) >= 11 is 0. The summed E-state index contributed by atoms with van der Waals surface area (Å²) in [7, 11) is 0. The molecule has 1 aliphatic heterocycles. The Kier molecular flexibility index (Phi) is 6.80. The zero-order valence-electron chi connectivity index (χ0n) is 12.7.